The molecule has 1 aliphatic rings. The zero-order valence-corrected chi connectivity index (χ0v) is 10.3. The highest BCUT2D eigenvalue weighted by atomic mass is 16.3. The SMILES string of the molecule is CCC(O)(CC)CNC(=O)C1CC=CCC1. The molecular weight excluding hydrogens is 202 g/mol. The number of allylic oxidation sites excluding steroid dienone is 2. The summed E-state index contributed by atoms with van der Waals surface area (Å²) in [4.78, 5) is 11.8. The Bertz CT molecular complexity index is 257. The average molecular weight is 225 g/mol. The summed E-state index contributed by atoms with van der Waals surface area (Å²) in [7, 11) is 0. The molecule has 0 spiro atoms. The lowest BCUT2D eigenvalue weighted by molar-refractivity contribution is -0.126. The monoisotopic (exact) mass is 225 g/mol. The van der Waals surface area contributed by atoms with Gasteiger partial charge in [0.1, 0.15) is 0 Å². The number of carbonyl (C=O) groups excluding carboxylic acids is 1. The van der Waals surface area contributed by atoms with Crippen LogP contribution < -0.4 is 5.32 Å². The number of rotatable bonds is 5. The van der Waals surface area contributed by atoms with Gasteiger partial charge >= 0.3 is 0 Å². The molecule has 1 aliphatic carbocycles. The lowest BCUT2D eigenvalue weighted by atomic mass is 9.92. The van der Waals surface area contributed by atoms with Crippen molar-refractivity contribution in [2.75, 3.05) is 6.54 Å². The van der Waals surface area contributed by atoms with Gasteiger partial charge in [0.15, 0.2) is 0 Å². The lowest BCUT2D eigenvalue weighted by Crippen LogP contribution is -2.44. The Morgan fingerprint density at radius 3 is 2.62 bits per heavy atom. The van der Waals surface area contributed by atoms with Crippen LogP contribution in [0, 0.1) is 5.92 Å². The second-order valence-corrected chi connectivity index (χ2v) is 4.63. The van der Waals surface area contributed by atoms with Crippen molar-refractivity contribution < 1.29 is 9.90 Å². The van der Waals surface area contributed by atoms with Gasteiger partial charge in [0, 0.05) is 12.5 Å². The molecule has 0 aliphatic heterocycles. The molecule has 0 aromatic heterocycles. The van der Waals surface area contributed by atoms with Crippen molar-refractivity contribution in [1.82, 2.24) is 5.32 Å². The molecule has 0 fully saturated rings. The zero-order valence-electron chi connectivity index (χ0n) is 10.3. The maximum atomic E-state index is 11.8. The second kappa shape index (κ2) is 6.04. The lowest BCUT2D eigenvalue weighted by Gasteiger charge is -2.27. The molecule has 3 heteroatoms. The Balaban J connectivity index is 2.37. The minimum absolute atomic E-state index is 0.0877. The molecule has 92 valence electrons. The van der Waals surface area contributed by atoms with Gasteiger partial charge in [0.25, 0.3) is 0 Å². The topological polar surface area (TPSA) is 49.3 Å². The van der Waals surface area contributed by atoms with Crippen molar-refractivity contribution >= 4 is 5.91 Å². The third-order valence-electron chi connectivity index (χ3n) is 3.55. The summed E-state index contributed by atoms with van der Waals surface area (Å²) in [6, 6.07) is 0. The number of aliphatic hydroxyl groups is 1. The molecule has 1 rings (SSSR count). The highest BCUT2D eigenvalue weighted by Gasteiger charge is 2.25. The van der Waals surface area contributed by atoms with E-state index < -0.39 is 5.60 Å². The summed E-state index contributed by atoms with van der Waals surface area (Å²) in [5.41, 5.74) is -0.736. The second-order valence-electron chi connectivity index (χ2n) is 4.63. The van der Waals surface area contributed by atoms with Gasteiger partial charge in [-0.3, -0.25) is 4.79 Å². The number of hydrogen-bond donors (Lipinski definition) is 2. The standard InChI is InChI=1S/C13H23NO2/c1-3-13(16,4-2)10-14-12(15)11-8-6-5-7-9-11/h5-6,11,16H,3-4,7-10H2,1-2H3,(H,14,15). The number of carbonyl (C=O) groups is 1. The summed E-state index contributed by atoms with van der Waals surface area (Å²) in [5.74, 6) is 0.188. The third kappa shape index (κ3) is 3.63. The highest BCUT2D eigenvalue weighted by Crippen LogP contribution is 2.19. The van der Waals surface area contributed by atoms with Gasteiger partial charge in [-0.25, -0.2) is 0 Å². The molecule has 3 nitrogen and oxygen atoms in total. The minimum Gasteiger partial charge on any atom is -0.388 e. The Kier molecular flexibility index (Phi) is 5.00. The highest BCUT2D eigenvalue weighted by molar-refractivity contribution is 5.79. The molecule has 0 aromatic rings. The van der Waals surface area contributed by atoms with Crippen LogP contribution in [-0.2, 0) is 4.79 Å². The van der Waals surface area contributed by atoms with Crippen molar-refractivity contribution in [3.63, 3.8) is 0 Å². The van der Waals surface area contributed by atoms with E-state index in [0.29, 0.717) is 19.4 Å². The number of amides is 1. The molecule has 0 saturated heterocycles. The van der Waals surface area contributed by atoms with E-state index in [9.17, 15) is 9.90 Å². The summed E-state index contributed by atoms with van der Waals surface area (Å²) in [6.45, 7) is 4.26. The van der Waals surface area contributed by atoms with Crippen molar-refractivity contribution in [2.45, 2.75) is 51.6 Å². The minimum atomic E-state index is -0.736. The summed E-state index contributed by atoms with van der Waals surface area (Å²) >= 11 is 0. The number of nitrogens with one attached hydrogen (secondary N) is 1. The molecule has 0 radical (unpaired) electrons. The van der Waals surface area contributed by atoms with Gasteiger partial charge < -0.3 is 10.4 Å². The van der Waals surface area contributed by atoms with Crippen LogP contribution in [0.1, 0.15) is 46.0 Å². The quantitative estimate of drug-likeness (QED) is 0.703. The van der Waals surface area contributed by atoms with Crippen LogP contribution in [0.2, 0.25) is 0 Å². The van der Waals surface area contributed by atoms with Gasteiger partial charge in [0.2, 0.25) is 5.91 Å². The van der Waals surface area contributed by atoms with Crippen molar-refractivity contribution in [2.24, 2.45) is 5.92 Å². The fourth-order valence-electron chi connectivity index (χ4n) is 1.93. The number of hydrogen-bond acceptors (Lipinski definition) is 2. The molecule has 1 atom stereocenters. The van der Waals surface area contributed by atoms with Gasteiger partial charge in [0.05, 0.1) is 5.60 Å². The summed E-state index contributed by atoms with van der Waals surface area (Å²) < 4.78 is 0. The smallest absolute Gasteiger partial charge is 0.223 e. The first kappa shape index (κ1) is 13.2. The summed E-state index contributed by atoms with van der Waals surface area (Å²) in [5, 5.41) is 12.9. The summed E-state index contributed by atoms with van der Waals surface area (Å²) in [6.07, 6.45) is 8.30. The van der Waals surface area contributed by atoms with E-state index in [-0.39, 0.29) is 11.8 Å². The first-order chi connectivity index (χ1) is 7.61. The molecule has 16 heavy (non-hydrogen) atoms. The first-order valence-corrected chi connectivity index (χ1v) is 6.26. The van der Waals surface area contributed by atoms with Gasteiger partial charge in [-0.1, -0.05) is 26.0 Å². The molecular formula is C13H23NO2. The maximum Gasteiger partial charge on any atom is 0.223 e. The molecule has 0 aromatic carbocycles. The van der Waals surface area contributed by atoms with Gasteiger partial charge in [-0.15, -0.1) is 0 Å². The van der Waals surface area contributed by atoms with E-state index >= 15 is 0 Å². The van der Waals surface area contributed by atoms with Crippen LogP contribution in [0.15, 0.2) is 12.2 Å². The fraction of sp³-hybridized carbons (Fsp3) is 0.769. The van der Waals surface area contributed by atoms with Crippen molar-refractivity contribution in [3.8, 4) is 0 Å². The molecule has 0 heterocycles. The van der Waals surface area contributed by atoms with Crippen LogP contribution in [0.5, 0.6) is 0 Å². The first-order valence-electron chi connectivity index (χ1n) is 6.26. The van der Waals surface area contributed by atoms with E-state index in [2.05, 4.69) is 17.5 Å². The Morgan fingerprint density at radius 1 is 1.44 bits per heavy atom. The van der Waals surface area contributed by atoms with E-state index in [1.807, 2.05) is 13.8 Å². The molecule has 1 unspecified atom stereocenters. The zero-order chi connectivity index (χ0) is 12.0. The average Bonchev–Trinajstić information content (AvgIpc) is 2.36. The normalized spacial score (nSPS) is 20.8. The Labute approximate surface area is 97.9 Å². The molecule has 0 bridgehead atoms. The van der Waals surface area contributed by atoms with Crippen LogP contribution in [-0.4, -0.2) is 23.2 Å². The Hall–Kier alpha value is -0.830. The van der Waals surface area contributed by atoms with Gasteiger partial charge in [-0.05, 0) is 32.1 Å². The van der Waals surface area contributed by atoms with Crippen molar-refractivity contribution in [3.05, 3.63) is 12.2 Å². The van der Waals surface area contributed by atoms with Crippen LogP contribution in [0.3, 0.4) is 0 Å². The molecule has 2 N–H and O–H groups in total. The largest absolute Gasteiger partial charge is 0.388 e. The van der Waals surface area contributed by atoms with Crippen molar-refractivity contribution in [1.29, 1.82) is 0 Å². The van der Waals surface area contributed by atoms with E-state index in [1.165, 1.54) is 0 Å². The predicted molar refractivity (Wildman–Crippen MR) is 65.0 cm³/mol. The molecule has 0 saturated carbocycles. The van der Waals surface area contributed by atoms with Gasteiger partial charge in [-0.2, -0.15) is 0 Å². The van der Waals surface area contributed by atoms with Crippen LogP contribution >= 0.6 is 0 Å². The van der Waals surface area contributed by atoms with E-state index in [4.69, 9.17) is 0 Å². The van der Waals surface area contributed by atoms with Crippen LogP contribution in [0.25, 0.3) is 0 Å². The van der Waals surface area contributed by atoms with E-state index in [0.717, 1.165) is 19.3 Å². The Morgan fingerprint density at radius 2 is 2.12 bits per heavy atom. The predicted octanol–water partition coefficient (Wildman–Crippen LogP) is 2.01. The fourth-order valence-corrected chi connectivity index (χ4v) is 1.93. The van der Waals surface area contributed by atoms with E-state index in [1.54, 1.807) is 0 Å². The van der Waals surface area contributed by atoms with Crippen LogP contribution in [0.4, 0.5) is 0 Å². The molecule has 1 amide bonds. The third-order valence-corrected chi connectivity index (χ3v) is 3.55. The maximum absolute atomic E-state index is 11.8.